The maximum Gasteiger partial charge on any atom is 1.00 e. The van der Waals surface area contributed by atoms with Crippen LogP contribution in [0.15, 0.2) is 0 Å². The van der Waals surface area contributed by atoms with Crippen molar-refractivity contribution in [2.45, 2.75) is 0 Å². The van der Waals surface area contributed by atoms with Crippen LogP contribution in [0.1, 0.15) is 0 Å². The zero-order chi connectivity index (χ0) is 3.58. The third kappa shape index (κ3) is 40.5. The molecule has 0 aliphatic rings. The van der Waals surface area contributed by atoms with Gasteiger partial charge in [-0.2, -0.15) is 0 Å². The van der Waals surface area contributed by atoms with Crippen LogP contribution < -0.4 is 12.6 Å². The summed E-state index contributed by atoms with van der Waals surface area (Å²) in [7, 11) is 0. The van der Waals surface area contributed by atoms with Gasteiger partial charge in [0.1, 0.15) is 0 Å². The summed E-state index contributed by atoms with van der Waals surface area (Å²) in [4.78, 5) is 0. The molecule has 3 nitrogen and oxygen atoms in total. The third-order valence-electron chi connectivity index (χ3n) is 0. The maximum absolute atomic E-state index is 8.52. The van der Waals surface area contributed by atoms with Crippen molar-refractivity contribution in [2.75, 3.05) is 0 Å². The van der Waals surface area contributed by atoms with Crippen LogP contribution in [0, 0.1) is 14.8 Å². The van der Waals surface area contributed by atoms with E-state index in [0.717, 1.165) is 0 Å². The second-order valence-electron chi connectivity index (χ2n) is 0.189. The smallest absolute Gasteiger partial charge is 0.405 e. The Morgan fingerprint density at radius 3 is 1.00 bits per heavy atom. The average Bonchev–Trinajstić information content (AvgIpc) is 0.811. The van der Waals surface area contributed by atoms with Crippen molar-refractivity contribution in [3.05, 3.63) is 0 Å². The average molecular weight is 236 g/mol. The Morgan fingerprint density at radius 1 is 1.00 bits per heavy atom. The molecular weight excluding hydrogens is 236 g/mol. The Kier molecular flexibility index (Phi) is 9.63. The molecule has 5 heavy (non-hydrogen) atoms. The van der Waals surface area contributed by atoms with Gasteiger partial charge in [-0.25, -0.2) is 0 Å². The van der Waals surface area contributed by atoms with E-state index in [4.69, 9.17) is 12.6 Å². The fraction of sp³-hybridized carbons (Fsp3) is 0. The van der Waals surface area contributed by atoms with Crippen molar-refractivity contribution in [3.8, 4) is 0 Å². The number of halogens is 1. The van der Waals surface area contributed by atoms with Crippen molar-refractivity contribution in [1.29, 1.82) is 0 Å². The van der Waals surface area contributed by atoms with E-state index >= 15 is 0 Å². The van der Waals surface area contributed by atoms with Crippen LogP contribution in [0.2, 0.25) is 0 Å². The molecule has 0 unspecified atom stereocenters. The summed E-state index contributed by atoms with van der Waals surface area (Å²) in [6.45, 7) is 0. The molecule has 0 spiro atoms. The molecule has 0 aliphatic carbocycles. The Balaban J connectivity index is 0. The monoisotopic (exact) mass is 234 g/mol. The minimum Gasteiger partial charge on any atom is -0.405 e. The van der Waals surface area contributed by atoms with Crippen molar-refractivity contribution in [3.63, 3.8) is 0 Å². The van der Waals surface area contributed by atoms with Gasteiger partial charge in [0.05, 0.1) is 0 Å². The molecule has 0 aromatic heterocycles. The van der Waals surface area contributed by atoms with Crippen LogP contribution in [0.3, 0.4) is 0 Å². The molecule has 36 valence electrons. The van der Waals surface area contributed by atoms with Gasteiger partial charge in [-0.3, -0.25) is 0 Å². The van der Waals surface area contributed by atoms with Crippen LogP contribution in [0.25, 0.3) is 0 Å². The zero-order valence-corrected chi connectivity index (χ0v) is 4.97. The molecular formula is AgBrO3. The normalized spacial score (nSPS) is 7.20. The molecule has 0 fully saturated rings. The van der Waals surface area contributed by atoms with E-state index in [-0.39, 0.29) is 22.4 Å². The van der Waals surface area contributed by atoms with Crippen LogP contribution in [0.5, 0.6) is 0 Å². The Bertz CT molecular complexity index is 11.6. The van der Waals surface area contributed by atoms with Crippen molar-refractivity contribution < 1.29 is 49.8 Å². The van der Waals surface area contributed by atoms with E-state index in [1.807, 2.05) is 0 Å². The summed E-state index contributed by atoms with van der Waals surface area (Å²) in [5, 5.41) is 0. The molecule has 0 atom stereocenters. The Labute approximate surface area is 50.0 Å². The minimum atomic E-state index is -3.65. The first kappa shape index (κ1) is 9.44. The molecule has 0 saturated heterocycles. The molecule has 0 aromatic rings. The molecule has 0 bridgehead atoms. The van der Waals surface area contributed by atoms with Crippen LogP contribution in [-0.4, -0.2) is 0 Å². The minimum absolute atomic E-state index is 0. The van der Waals surface area contributed by atoms with E-state index in [0.29, 0.717) is 0 Å². The van der Waals surface area contributed by atoms with Gasteiger partial charge in [-0.05, 0) is 0 Å². The second kappa shape index (κ2) is 5.10. The van der Waals surface area contributed by atoms with Crippen LogP contribution in [-0.2, 0) is 22.4 Å². The summed E-state index contributed by atoms with van der Waals surface area (Å²) in [5.41, 5.74) is 0. The van der Waals surface area contributed by atoms with Gasteiger partial charge in [-0.15, -0.1) is 0 Å². The molecule has 5 heteroatoms. The van der Waals surface area contributed by atoms with Crippen molar-refractivity contribution in [2.24, 2.45) is 0 Å². The molecule has 0 aromatic carbocycles. The largest absolute Gasteiger partial charge is 1.00 e. The summed E-state index contributed by atoms with van der Waals surface area (Å²) in [5.74, 6) is 0. The summed E-state index contributed by atoms with van der Waals surface area (Å²) in [6.07, 6.45) is 0. The van der Waals surface area contributed by atoms with Gasteiger partial charge >= 0.3 is 22.4 Å². The molecule has 0 amide bonds. The second-order valence-corrected chi connectivity index (χ2v) is 0.982. The number of hydrogen-bond acceptors (Lipinski definition) is 3. The quantitative estimate of drug-likeness (QED) is 0.408. The van der Waals surface area contributed by atoms with Gasteiger partial charge in [0.2, 0.25) is 14.8 Å². The first-order valence-electron chi connectivity index (χ1n) is 0.463. The third-order valence-corrected chi connectivity index (χ3v) is 0. The van der Waals surface area contributed by atoms with Crippen molar-refractivity contribution >= 4 is 0 Å². The molecule has 0 rings (SSSR count). The predicted octanol–water partition coefficient (Wildman–Crippen LogP) is -3.57. The molecule has 0 heterocycles. The van der Waals surface area contributed by atoms with E-state index in [2.05, 4.69) is 0 Å². The zero-order valence-electron chi connectivity index (χ0n) is 1.90. The van der Waals surface area contributed by atoms with Gasteiger partial charge in [-0.1, -0.05) is 0 Å². The Hall–Kier alpha value is 1.10. The van der Waals surface area contributed by atoms with Gasteiger partial charge in [0, 0.05) is 0 Å². The summed E-state index contributed by atoms with van der Waals surface area (Å²) >= 11 is -3.65. The summed E-state index contributed by atoms with van der Waals surface area (Å²) in [6, 6.07) is 0. The van der Waals surface area contributed by atoms with Crippen LogP contribution >= 0.6 is 0 Å². The summed E-state index contributed by atoms with van der Waals surface area (Å²) < 4.78 is 25.6. The van der Waals surface area contributed by atoms with Gasteiger partial charge in [0.25, 0.3) is 0 Å². The van der Waals surface area contributed by atoms with Gasteiger partial charge < -0.3 is 12.6 Å². The molecule has 0 radical (unpaired) electrons. The molecule has 0 aliphatic heterocycles. The standard InChI is InChI=1S/Ag.BrO3/c;2-1(3)4/q+1;-1. The van der Waals surface area contributed by atoms with Crippen molar-refractivity contribution in [1.82, 2.24) is 0 Å². The predicted molar refractivity (Wildman–Crippen MR) is 0 cm³/mol. The first-order valence-corrected chi connectivity index (χ1v) is 2.41. The SMILES string of the molecule is [Ag+].[O-][Br+2]([O-])[O-]. The van der Waals surface area contributed by atoms with E-state index in [1.165, 1.54) is 0 Å². The van der Waals surface area contributed by atoms with Gasteiger partial charge in [0.15, 0.2) is 0 Å². The Morgan fingerprint density at radius 2 is 1.00 bits per heavy atom. The molecule has 0 saturated carbocycles. The maximum atomic E-state index is 8.52. The van der Waals surface area contributed by atoms with Crippen LogP contribution in [0.4, 0.5) is 0 Å². The van der Waals surface area contributed by atoms with E-state index in [1.54, 1.807) is 0 Å². The van der Waals surface area contributed by atoms with E-state index < -0.39 is 14.8 Å². The molecule has 0 N–H and O–H groups in total. The number of hydrogen-bond donors (Lipinski definition) is 0. The fourth-order valence-electron chi connectivity index (χ4n) is 0. The topological polar surface area (TPSA) is 69.2 Å². The number of rotatable bonds is 0. The fourth-order valence-corrected chi connectivity index (χ4v) is 0. The first-order chi connectivity index (χ1) is 1.73. The van der Waals surface area contributed by atoms with E-state index in [9.17, 15) is 0 Å².